The highest BCUT2D eigenvalue weighted by Crippen LogP contribution is 2.41. The lowest BCUT2D eigenvalue weighted by atomic mass is 10.1. The Morgan fingerprint density at radius 2 is 1.74 bits per heavy atom. The Morgan fingerprint density at radius 3 is 2.32 bits per heavy atom. The molecule has 0 spiro atoms. The van der Waals surface area contributed by atoms with Crippen LogP contribution in [0.5, 0.6) is 23.1 Å². The molecule has 1 aromatic carbocycles. The van der Waals surface area contributed by atoms with Gasteiger partial charge in [0.2, 0.25) is 11.6 Å². The number of pyridine rings is 1. The van der Waals surface area contributed by atoms with Crippen molar-refractivity contribution in [1.29, 1.82) is 0 Å². The number of amides is 1. The number of H-pyrrole nitrogens is 1. The zero-order valence-corrected chi connectivity index (χ0v) is 18.5. The van der Waals surface area contributed by atoms with Crippen molar-refractivity contribution in [2.45, 2.75) is 12.3 Å². The Balaban J connectivity index is 1.42. The minimum atomic E-state index is -4.56. The summed E-state index contributed by atoms with van der Waals surface area (Å²) in [5.74, 6) is 0.862. The third kappa shape index (κ3) is 4.56. The lowest BCUT2D eigenvalue weighted by molar-refractivity contribution is -0.141. The van der Waals surface area contributed by atoms with Gasteiger partial charge in [0.15, 0.2) is 11.5 Å². The van der Waals surface area contributed by atoms with Crippen LogP contribution < -0.4 is 18.9 Å². The van der Waals surface area contributed by atoms with Gasteiger partial charge in [-0.1, -0.05) is 6.07 Å². The predicted octanol–water partition coefficient (Wildman–Crippen LogP) is 3.42. The van der Waals surface area contributed by atoms with E-state index < -0.39 is 18.0 Å². The molecule has 34 heavy (non-hydrogen) atoms. The Labute approximate surface area is 192 Å². The fourth-order valence-corrected chi connectivity index (χ4v) is 3.47. The Kier molecular flexibility index (Phi) is 6.22. The van der Waals surface area contributed by atoms with Crippen LogP contribution in [-0.2, 0) is 6.18 Å². The number of halogens is 3. The number of hydrogen-bond acceptors (Lipinski definition) is 7. The molecule has 0 radical (unpaired) electrons. The third-order valence-corrected chi connectivity index (χ3v) is 5.21. The molecule has 0 atom stereocenters. The van der Waals surface area contributed by atoms with Crippen LogP contribution in [0, 0.1) is 0 Å². The van der Waals surface area contributed by atoms with Crippen LogP contribution in [0.2, 0.25) is 0 Å². The van der Waals surface area contributed by atoms with Gasteiger partial charge in [0, 0.05) is 11.6 Å². The first-order valence-corrected chi connectivity index (χ1v) is 10.1. The number of methoxy groups -OCH3 is 3. The number of nitrogens with one attached hydrogen (secondary N) is 1. The van der Waals surface area contributed by atoms with E-state index >= 15 is 0 Å². The molecule has 0 bridgehead atoms. The normalized spacial score (nSPS) is 13.9. The van der Waals surface area contributed by atoms with Gasteiger partial charge in [-0.2, -0.15) is 18.3 Å². The maximum atomic E-state index is 12.8. The molecule has 180 valence electrons. The highest BCUT2D eigenvalue weighted by atomic mass is 19.4. The minimum Gasteiger partial charge on any atom is -0.493 e. The molecule has 3 heterocycles. The number of benzene rings is 1. The van der Waals surface area contributed by atoms with Crippen molar-refractivity contribution >= 4 is 5.91 Å². The van der Waals surface area contributed by atoms with E-state index in [1.807, 2.05) is 0 Å². The van der Waals surface area contributed by atoms with Crippen LogP contribution in [0.3, 0.4) is 0 Å². The van der Waals surface area contributed by atoms with Gasteiger partial charge in [-0.15, -0.1) is 0 Å². The summed E-state index contributed by atoms with van der Waals surface area (Å²) in [5, 5.41) is 6.91. The second kappa shape index (κ2) is 9.12. The van der Waals surface area contributed by atoms with Gasteiger partial charge in [0.25, 0.3) is 5.91 Å². The summed E-state index contributed by atoms with van der Waals surface area (Å²) in [6.07, 6.45) is -5.02. The number of rotatable bonds is 7. The summed E-state index contributed by atoms with van der Waals surface area (Å²) in [6, 6.07) is 8.45. The molecule has 0 aliphatic carbocycles. The van der Waals surface area contributed by atoms with Crippen molar-refractivity contribution in [3.8, 4) is 34.4 Å². The number of carbonyl (C=O) groups is 1. The van der Waals surface area contributed by atoms with Crippen molar-refractivity contribution < 1.29 is 36.9 Å². The summed E-state index contributed by atoms with van der Waals surface area (Å²) in [4.78, 5) is 17.7. The monoisotopic (exact) mass is 478 g/mol. The molecule has 2 aromatic heterocycles. The van der Waals surface area contributed by atoms with Crippen LogP contribution in [0.25, 0.3) is 11.3 Å². The molecule has 1 saturated heterocycles. The SMILES string of the molecule is COc1cc(-c2cc(C(=O)N3CC(Oc4cccc(C(F)(F)F)n4)C3)[nH]n2)cc(OC)c1OC. The third-order valence-electron chi connectivity index (χ3n) is 5.21. The lowest BCUT2D eigenvalue weighted by Crippen LogP contribution is -2.56. The maximum absolute atomic E-state index is 12.8. The first-order chi connectivity index (χ1) is 16.2. The largest absolute Gasteiger partial charge is 0.493 e. The fraction of sp³-hybridized carbons (Fsp3) is 0.318. The van der Waals surface area contributed by atoms with E-state index in [0.29, 0.717) is 28.5 Å². The quantitative estimate of drug-likeness (QED) is 0.556. The van der Waals surface area contributed by atoms with Gasteiger partial charge in [0.1, 0.15) is 17.5 Å². The van der Waals surface area contributed by atoms with Crippen LogP contribution in [0.15, 0.2) is 36.4 Å². The number of likely N-dealkylation sites (tertiary alicyclic amines) is 1. The molecule has 9 nitrogen and oxygen atoms in total. The Hall–Kier alpha value is -3.96. The number of carbonyl (C=O) groups excluding carboxylic acids is 1. The molecule has 0 unspecified atom stereocenters. The van der Waals surface area contributed by atoms with E-state index in [1.165, 1.54) is 38.4 Å². The van der Waals surface area contributed by atoms with E-state index in [1.54, 1.807) is 18.2 Å². The van der Waals surface area contributed by atoms with Gasteiger partial charge in [0.05, 0.1) is 40.1 Å². The molecular weight excluding hydrogens is 457 g/mol. The lowest BCUT2D eigenvalue weighted by Gasteiger charge is -2.38. The fourth-order valence-electron chi connectivity index (χ4n) is 3.47. The number of ether oxygens (including phenoxy) is 4. The number of alkyl halides is 3. The van der Waals surface area contributed by atoms with E-state index in [4.69, 9.17) is 18.9 Å². The van der Waals surface area contributed by atoms with Gasteiger partial charge >= 0.3 is 6.18 Å². The molecule has 1 fully saturated rings. The second-order valence-corrected chi connectivity index (χ2v) is 7.39. The molecule has 1 aliphatic heterocycles. The van der Waals surface area contributed by atoms with Crippen molar-refractivity contribution in [3.05, 3.63) is 47.8 Å². The standard InChI is InChI=1S/C22H21F3N4O5/c1-31-16-7-12(8-17(32-2)20(16)33-3)14-9-15(28-27-14)21(30)29-10-13(11-29)34-19-6-4-5-18(26-19)22(23,24)25/h4-9,13H,10-11H2,1-3H3,(H,27,28). The zero-order valence-electron chi connectivity index (χ0n) is 18.5. The topological polar surface area (TPSA) is 98.8 Å². The molecule has 1 aliphatic rings. The molecule has 1 N–H and O–H groups in total. The van der Waals surface area contributed by atoms with Crippen LogP contribution in [0.1, 0.15) is 16.2 Å². The average Bonchev–Trinajstić information content (AvgIpc) is 3.29. The van der Waals surface area contributed by atoms with E-state index in [9.17, 15) is 18.0 Å². The summed E-state index contributed by atoms with van der Waals surface area (Å²) >= 11 is 0. The zero-order chi connectivity index (χ0) is 24.5. The van der Waals surface area contributed by atoms with Gasteiger partial charge < -0.3 is 23.8 Å². The predicted molar refractivity (Wildman–Crippen MR) is 113 cm³/mol. The Bertz CT molecular complexity index is 1170. The molecular formula is C22H21F3N4O5. The van der Waals surface area contributed by atoms with E-state index in [0.717, 1.165) is 6.07 Å². The smallest absolute Gasteiger partial charge is 0.433 e. The number of hydrogen-bond donors (Lipinski definition) is 1. The van der Waals surface area contributed by atoms with Crippen LogP contribution in [0.4, 0.5) is 13.2 Å². The highest BCUT2D eigenvalue weighted by Gasteiger charge is 2.36. The summed E-state index contributed by atoms with van der Waals surface area (Å²) in [6.45, 7) is 0.407. The van der Waals surface area contributed by atoms with Crippen LogP contribution in [-0.4, -0.2) is 66.5 Å². The molecule has 12 heteroatoms. The average molecular weight is 478 g/mol. The number of aromatic nitrogens is 3. The highest BCUT2D eigenvalue weighted by molar-refractivity contribution is 5.94. The summed E-state index contributed by atoms with van der Waals surface area (Å²) in [5.41, 5.74) is 0.350. The van der Waals surface area contributed by atoms with E-state index in [2.05, 4.69) is 15.2 Å². The minimum absolute atomic E-state index is 0.141. The number of aromatic amines is 1. The first-order valence-electron chi connectivity index (χ1n) is 10.1. The van der Waals surface area contributed by atoms with Gasteiger partial charge in [-0.25, -0.2) is 4.98 Å². The summed E-state index contributed by atoms with van der Waals surface area (Å²) in [7, 11) is 4.49. The number of nitrogens with zero attached hydrogens (tertiary/aromatic N) is 3. The summed E-state index contributed by atoms with van der Waals surface area (Å²) < 4.78 is 59.9. The van der Waals surface area contributed by atoms with Crippen LogP contribution >= 0.6 is 0 Å². The van der Waals surface area contributed by atoms with Gasteiger partial charge in [-0.3, -0.25) is 9.89 Å². The van der Waals surface area contributed by atoms with Crippen molar-refractivity contribution in [2.75, 3.05) is 34.4 Å². The van der Waals surface area contributed by atoms with Crippen molar-refractivity contribution in [1.82, 2.24) is 20.1 Å². The van der Waals surface area contributed by atoms with Gasteiger partial charge in [-0.05, 0) is 24.3 Å². The van der Waals surface area contributed by atoms with Crippen molar-refractivity contribution in [2.24, 2.45) is 0 Å². The first kappa shape index (κ1) is 23.2. The van der Waals surface area contributed by atoms with Crippen molar-refractivity contribution in [3.63, 3.8) is 0 Å². The maximum Gasteiger partial charge on any atom is 0.433 e. The molecule has 1 amide bonds. The Morgan fingerprint density at radius 1 is 1.06 bits per heavy atom. The molecule has 3 aromatic rings. The molecule has 4 rings (SSSR count). The van der Waals surface area contributed by atoms with E-state index in [-0.39, 0.29) is 30.6 Å². The second-order valence-electron chi connectivity index (χ2n) is 7.39. The molecule has 0 saturated carbocycles.